The van der Waals surface area contributed by atoms with E-state index in [9.17, 15) is 28.8 Å². The maximum atomic E-state index is 14.1. The number of carbonyl (C=O) groups excluding carboxylic acids is 6. The van der Waals surface area contributed by atoms with Crippen molar-refractivity contribution < 1.29 is 57.2 Å². The van der Waals surface area contributed by atoms with E-state index in [0.29, 0.717) is 37.4 Å². The van der Waals surface area contributed by atoms with Crippen molar-refractivity contribution in [2.24, 2.45) is 14.1 Å². The van der Waals surface area contributed by atoms with Crippen LogP contribution < -0.4 is 30.3 Å². The van der Waals surface area contributed by atoms with Crippen LogP contribution in [0.5, 0.6) is 11.5 Å². The molecule has 5 amide bonds. The molecular formula is C43H50N8O12S. The first-order valence-corrected chi connectivity index (χ1v) is 21.6. The van der Waals surface area contributed by atoms with Gasteiger partial charge in [-0.2, -0.15) is 0 Å². The number of nitrogens with one attached hydrogen (secondary N) is 3. The van der Waals surface area contributed by atoms with E-state index in [2.05, 4.69) is 27.5 Å². The zero-order valence-electron chi connectivity index (χ0n) is 35.9. The molecule has 2 fully saturated rings. The molecule has 1 aromatic carbocycles. The van der Waals surface area contributed by atoms with Gasteiger partial charge in [0.25, 0.3) is 17.7 Å². The van der Waals surface area contributed by atoms with Crippen LogP contribution in [0.15, 0.2) is 54.7 Å². The largest absolute Gasteiger partial charge is 0.493 e. The predicted octanol–water partition coefficient (Wildman–Crippen LogP) is 5.53. The van der Waals surface area contributed by atoms with Crippen molar-refractivity contribution in [1.29, 1.82) is 0 Å². The van der Waals surface area contributed by atoms with Gasteiger partial charge in [0.15, 0.2) is 29.1 Å². The molecule has 3 aromatic heterocycles. The van der Waals surface area contributed by atoms with Gasteiger partial charge < -0.3 is 53.1 Å². The molecule has 0 aliphatic carbocycles. The highest BCUT2D eigenvalue weighted by molar-refractivity contribution is 7.14. The maximum absolute atomic E-state index is 14.1. The number of carbonyl (C=O) groups is 6. The van der Waals surface area contributed by atoms with Crippen LogP contribution in [0.4, 0.5) is 27.0 Å². The van der Waals surface area contributed by atoms with Crippen LogP contribution >= 0.6 is 11.3 Å². The molecule has 20 nitrogen and oxygen atoms in total. The molecule has 7 rings (SSSR count). The van der Waals surface area contributed by atoms with E-state index < -0.39 is 42.4 Å². The minimum atomic E-state index is -0.909. The quantitative estimate of drug-likeness (QED) is 0.0716. The van der Waals surface area contributed by atoms with Crippen molar-refractivity contribution in [3.8, 4) is 11.5 Å². The molecule has 2 saturated heterocycles. The Bertz CT molecular complexity index is 2420. The van der Waals surface area contributed by atoms with Gasteiger partial charge in [-0.3, -0.25) is 24.5 Å². The summed E-state index contributed by atoms with van der Waals surface area (Å²) in [5.41, 5.74) is 1.71. The fraction of sp³-hybridized carbons (Fsp3) is 0.419. The second kappa shape index (κ2) is 20.2. The average Bonchev–Trinajstić information content (AvgIpc) is 4.10. The van der Waals surface area contributed by atoms with Gasteiger partial charge in [0.2, 0.25) is 5.91 Å². The fourth-order valence-corrected chi connectivity index (χ4v) is 8.44. The third kappa shape index (κ3) is 10.1. The van der Waals surface area contributed by atoms with Gasteiger partial charge in [-0.1, -0.05) is 12.7 Å². The molecular weight excluding hydrogens is 853 g/mol. The number of aromatic nitrogens is 3. The molecule has 4 aromatic rings. The van der Waals surface area contributed by atoms with Crippen molar-refractivity contribution in [2.75, 3.05) is 61.4 Å². The Hall–Kier alpha value is -6.71. The zero-order valence-corrected chi connectivity index (χ0v) is 36.7. The normalized spacial score (nSPS) is 18.0. The van der Waals surface area contributed by atoms with Crippen LogP contribution in [0.3, 0.4) is 0 Å². The van der Waals surface area contributed by atoms with Crippen molar-refractivity contribution in [3.05, 3.63) is 77.3 Å². The summed E-state index contributed by atoms with van der Waals surface area (Å²) in [4.78, 5) is 86.3. The minimum Gasteiger partial charge on any atom is -0.493 e. The van der Waals surface area contributed by atoms with E-state index in [1.165, 1.54) is 51.8 Å². The second-order valence-electron chi connectivity index (χ2n) is 15.2. The first-order chi connectivity index (χ1) is 30.9. The molecule has 6 heterocycles. The number of hydrogen-bond acceptors (Lipinski definition) is 14. The fourth-order valence-electron chi connectivity index (χ4n) is 7.75. The first kappa shape index (κ1) is 45.3. The van der Waals surface area contributed by atoms with E-state index in [0.717, 1.165) is 30.6 Å². The van der Waals surface area contributed by atoms with Crippen molar-refractivity contribution in [3.63, 3.8) is 0 Å². The number of nitrogens with zero attached hydrogens (tertiary/aromatic N) is 5. The Morgan fingerprint density at radius 2 is 1.70 bits per heavy atom. The Balaban J connectivity index is 0.967. The van der Waals surface area contributed by atoms with Gasteiger partial charge in [0, 0.05) is 57.5 Å². The molecule has 3 atom stereocenters. The van der Waals surface area contributed by atoms with Gasteiger partial charge in [-0.25, -0.2) is 19.5 Å². The lowest BCUT2D eigenvalue weighted by Gasteiger charge is -2.38. The Morgan fingerprint density at radius 3 is 2.44 bits per heavy atom. The predicted molar refractivity (Wildman–Crippen MR) is 233 cm³/mol. The molecule has 0 saturated carbocycles. The van der Waals surface area contributed by atoms with Crippen LogP contribution in [0, 0.1) is 0 Å². The monoisotopic (exact) mass is 902 g/mol. The third-order valence-electron chi connectivity index (χ3n) is 10.8. The number of amides is 5. The summed E-state index contributed by atoms with van der Waals surface area (Å²) in [6.45, 7) is 4.68. The van der Waals surface area contributed by atoms with Crippen LogP contribution in [0.2, 0.25) is 0 Å². The highest BCUT2D eigenvalue weighted by Crippen LogP contribution is 2.42. The van der Waals surface area contributed by atoms with Crippen molar-refractivity contribution in [1.82, 2.24) is 19.0 Å². The molecule has 3 N–H and O–H groups in total. The molecule has 0 bridgehead atoms. The van der Waals surface area contributed by atoms with Gasteiger partial charge in [-0.05, 0) is 56.7 Å². The highest BCUT2D eigenvalue weighted by Gasteiger charge is 2.48. The molecule has 3 aliphatic heterocycles. The molecule has 340 valence electrons. The van der Waals surface area contributed by atoms with Gasteiger partial charge >= 0.3 is 12.1 Å². The molecule has 3 aliphatic rings. The molecule has 21 heteroatoms. The molecule has 64 heavy (non-hydrogen) atoms. The standard InChI is InChI=1S/C43H50N8O12S/c1-6-15-62-43(57)51-30-21-34(33(58-4)20-27(30)39(55)50-14-9-11-29(50)40(51)63-36-13-7-8-16-61-36)60-17-10-12-35(52)44-25-18-31(48(2)22-25)38(54)47-42-46-28(24-64-42)37(53)45-26-19-32(41(56)59-5)49(3)23-26/h6,18-24,29,36,40H,1,7-17H2,2-5H3,(H,44,52)(H,45,53)(H,46,47,54)/t29-,36?,40?/m0/s1. The lowest BCUT2D eigenvalue weighted by molar-refractivity contribution is -0.195. The Kier molecular flexibility index (Phi) is 14.3. The number of methoxy groups -OCH3 is 2. The van der Waals surface area contributed by atoms with Gasteiger partial charge in [0.05, 0.1) is 49.5 Å². The lowest BCUT2D eigenvalue weighted by Crippen LogP contribution is -2.54. The summed E-state index contributed by atoms with van der Waals surface area (Å²) in [5.74, 6) is -1.74. The summed E-state index contributed by atoms with van der Waals surface area (Å²) in [6, 6.07) is 5.64. The second-order valence-corrected chi connectivity index (χ2v) is 16.0. The number of rotatable bonds is 16. The number of fused-ring (bicyclic) bond motifs is 2. The Labute approximate surface area is 372 Å². The molecule has 2 unspecified atom stereocenters. The van der Waals surface area contributed by atoms with Crippen LogP contribution in [-0.2, 0) is 37.8 Å². The molecule has 0 spiro atoms. The topological polar surface area (TPSA) is 223 Å². The lowest BCUT2D eigenvalue weighted by atomic mass is 10.1. The van der Waals surface area contributed by atoms with E-state index >= 15 is 0 Å². The number of aryl methyl sites for hydroxylation is 2. The van der Waals surface area contributed by atoms with E-state index in [-0.39, 0.29) is 82.8 Å². The van der Waals surface area contributed by atoms with Crippen LogP contribution in [-0.4, -0.2) is 114 Å². The summed E-state index contributed by atoms with van der Waals surface area (Å²) >= 11 is 1.05. The summed E-state index contributed by atoms with van der Waals surface area (Å²) in [6.07, 6.45) is 6.50. The molecule has 0 radical (unpaired) electrons. The number of ether oxygens (including phenoxy) is 6. The van der Waals surface area contributed by atoms with Crippen LogP contribution in [0.1, 0.15) is 86.8 Å². The summed E-state index contributed by atoms with van der Waals surface area (Å²) in [7, 11) is 5.99. The third-order valence-corrected chi connectivity index (χ3v) is 11.6. The van der Waals surface area contributed by atoms with Crippen LogP contribution in [0.25, 0.3) is 0 Å². The zero-order chi connectivity index (χ0) is 45.5. The van der Waals surface area contributed by atoms with Gasteiger partial charge in [0.1, 0.15) is 23.7 Å². The first-order valence-electron chi connectivity index (χ1n) is 20.7. The van der Waals surface area contributed by atoms with E-state index in [1.807, 2.05) is 0 Å². The van der Waals surface area contributed by atoms with Gasteiger partial charge in [-0.15, -0.1) is 11.3 Å². The highest BCUT2D eigenvalue weighted by atomic mass is 32.1. The number of anilines is 4. The number of benzene rings is 1. The van der Waals surface area contributed by atoms with E-state index in [1.54, 1.807) is 43.5 Å². The SMILES string of the molecule is C=CCOC(=O)N1c2cc(OCCCC(=O)Nc3cc(C(=O)Nc4nc(C(=O)Nc5cc(C(=O)OC)n(C)c5)cs4)n(C)c3)c(OC)cc2C(=O)N2CCC[C@H]2C1OC1CCCCO1. The average molecular weight is 903 g/mol. The van der Waals surface area contributed by atoms with Crippen molar-refractivity contribution >= 4 is 69.2 Å². The van der Waals surface area contributed by atoms with Crippen molar-refractivity contribution in [2.45, 2.75) is 63.5 Å². The Morgan fingerprint density at radius 1 is 0.938 bits per heavy atom. The number of hydrogen-bond donors (Lipinski definition) is 3. The number of thiazole rings is 1. The number of esters is 1. The summed E-state index contributed by atoms with van der Waals surface area (Å²) < 4.78 is 37.6. The maximum Gasteiger partial charge on any atom is 0.416 e. The smallest absolute Gasteiger partial charge is 0.416 e. The van der Waals surface area contributed by atoms with E-state index in [4.69, 9.17) is 28.4 Å². The minimum absolute atomic E-state index is 0.0487. The summed E-state index contributed by atoms with van der Waals surface area (Å²) in [5, 5.41) is 9.80.